The molecule has 1 atom stereocenters. The molecule has 1 fully saturated rings. The minimum Gasteiger partial charge on any atom is -0.361 e. The zero-order chi connectivity index (χ0) is 16.6. The Morgan fingerprint density at radius 3 is 2.71 bits per heavy atom. The van der Waals surface area contributed by atoms with Crippen molar-refractivity contribution in [2.75, 3.05) is 18.4 Å². The van der Waals surface area contributed by atoms with E-state index >= 15 is 0 Å². The fourth-order valence-electron chi connectivity index (χ4n) is 3.70. The molecule has 2 aromatic carbocycles. The van der Waals surface area contributed by atoms with Gasteiger partial charge in [0.1, 0.15) is 5.66 Å². The lowest BCUT2D eigenvalue weighted by atomic mass is 9.93. The van der Waals surface area contributed by atoms with Gasteiger partial charge in [-0.1, -0.05) is 24.3 Å². The highest BCUT2D eigenvalue weighted by Gasteiger charge is 2.41. The van der Waals surface area contributed by atoms with E-state index in [1.165, 1.54) is 12.8 Å². The van der Waals surface area contributed by atoms with Gasteiger partial charge in [0, 0.05) is 18.7 Å². The summed E-state index contributed by atoms with van der Waals surface area (Å²) in [5.74, 6) is 0. The maximum atomic E-state index is 9.24. The molecule has 2 aliphatic rings. The molecular formula is C20H20N4. The molecule has 4 nitrogen and oxygen atoms in total. The highest BCUT2D eigenvalue weighted by Crippen LogP contribution is 2.38. The van der Waals surface area contributed by atoms with E-state index < -0.39 is 0 Å². The fraction of sp³-hybridized carbons (Fsp3) is 0.300. The molecule has 4 rings (SSSR count). The molecule has 0 aliphatic carbocycles. The Balaban J connectivity index is 1.88. The van der Waals surface area contributed by atoms with Crippen LogP contribution < -0.4 is 5.32 Å². The van der Waals surface area contributed by atoms with E-state index in [9.17, 15) is 5.26 Å². The highest BCUT2D eigenvalue weighted by atomic mass is 15.3. The summed E-state index contributed by atoms with van der Waals surface area (Å²) in [5, 5.41) is 13.0. The van der Waals surface area contributed by atoms with Crippen molar-refractivity contribution < 1.29 is 0 Å². The van der Waals surface area contributed by atoms with Gasteiger partial charge < -0.3 is 5.32 Å². The van der Waals surface area contributed by atoms with Gasteiger partial charge in [0.15, 0.2) is 0 Å². The van der Waals surface area contributed by atoms with E-state index in [4.69, 9.17) is 4.99 Å². The monoisotopic (exact) mass is 316 g/mol. The molecule has 1 saturated heterocycles. The minimum atomic E-state index is -0.362. The molecule has 120 valence electrons. The number of anilines is 1. The molecule has 24 heavy (non-hydrogen) atoms. The molecule has 0 amide bonds. The number of hydrogen-bond acceptors (Lipinski definition) is 4. The number of benzene rings is 2. The lowest BCUT2D eigenvalue weighted by Crippen LogP contribution is -2.58. The van der Waals surface area contributed by atoms with E-state index in [1.807, 2.05) is 42.5 Å². The van der Waals surface area contributed by atoms with Crippen molar-refractivity contribution in [1.29, 1.82) is 5.26 Å². The first-order chi connectivity index (χ1) is 11.7. The van der Waals surface area contributed by atoms with E-state index in [0.29, 0.717) is 5.56 Å². The van der Waals surface area contributed by atoms with Crippen LogP contribution in [0.3, 0.4) is 0 Å². The van der Waals surface area contributed by atoms with E-state index in [0.717, 1.165) is 35.7 Å². The van der Waals surface area contributed by atoms with Gasteiger partial charge in [-0.3, -0.25) is 4.90 Å². The van der Waals surface area contributed by atoms with Crippen LogP contribution in [-0.4, -0.2) is 29.4 Å². The quantitative estimate of drug-likeness (QED) is 0.913. The van der Waals surface area contributed by atoms with E-state index in [-0.39, 0.29) is 5.66 Å². The first-order valence-electron chi connectivity index (χ1n) is 8.43. The van der Waals surface area contributed by atoms with Crippen LogP contribution in [0.15, 0.2) is 53.5 Å². The van der Waals surface area contributed by atoms with Crippen molar-refractivity contribution in [3.05, 3.63) is 59.7 Å². The van der Waals surface area contributed by atoms with Crippen molar-refractivity contribution in [3.8, 4) is 6.07 Å². The normalized spacial score (nSPS) is 23.1. The van der Waals surface area contributed by atoms with Gasteiger partial charge in [-0.05, 0) is 44.0 Å². The van der Waals surface area contributed by atoms with Gasteiger partial charge in [-0.15, -0.1) is 0 Å². The lowest BCUT2D eigenvalue weighted by Gasteiger charge is -2.43. The van der Waals surface area contributed by atoms with Crippen LogP contribution in [0.4, 0.5) is 11.4 Å². The zero-order valence-electron chi connectivity index (χ0n) is 13.8. The Morgan fingerprint density at radius 2 is 1.92 bits per heavy atom. The zero-order valence-corrected chi connectivity index (χ0v) is 13.8. The number of nitrogens with zero attached hydrogens (tertiary/aromatic N) is 3. The molecule has 0 bridgehead atoms. The molecule has 0 radical (unpaired) electrons. The van der Waals surface area contributed by atoms with Crippen LogP contribution in [-0.2, 0) is 0 Å². The average Bonchev–Trinajstić information content (AvgIpc) is 3.16. The summed E-state index contributed by atoms with van der Waals surface area (Å²) in [6.07, 6.45) is 2.43. The predicted octanol–water partition coefficient (Wildman–Crippen LogP) is 3.92. The Hall–Kier alpha value is -2.64. The molecule has 0 saturated carbocycles. The Labute approximate surface area is 142 Å². The third-order valence-electron chi connectivity index (χ3n) is 4.98. The number of nitrogens with one attached hydrogen (secondary N) is 1. The topological polar surface area (TPSA) is 51.4 Å². The van der Waals surface area contributed by atoms with Crippen LogP contribution in [0.5, 0.6) is 0 Å². The molecule has 2 aliphatic heterocycles. The van der Waals surface area contributed by atoms with Gasteiger partial charge >= 0.3 is 0 Å². The summed E-state index contributed by atoms with van der Waals surface area (Å²) in [5.41, 5.74) is 4.31. The van der Waals surface area contributed by atoms with E-state index in [1.54, 1.807) is 0 Å². The molecule has 0 aromatic heterocycles. The third-order valence-corrected chi connectivity index (χ3v) is 4.98. The third kappa shape index (κ3) is 2.38. The Morgan fingerprint density at radius 1 is 1.12 bits per heavy atom. The van der Waals surface area contributed by atoms with Crippen molar-refractivity contribution in [1.82, 2.24) is 4.90 Å². The number of rotatable bonds is 2. The number of fused-ring (bicyclic) bond motifs is 1. The highest BCUT2D eigenvalue weighted by molar-refractivity contribution is 6.12. The van der Waals surface area contributed by atoms with Gasteiger partial charge in [0.25, 0.3) is 0 Å². The standard InChI is InChI=1S/C20H20N4/c1-20(24-11-4-5-12-24)19(16-8-6-7-15(13-16)14-21)22-17-9-2-3-10-18(17)23-20/h2-3,6-10,13,23H,4-5,11-12H2,1H3. The first kappa shape index (κ1) is 14.9. The van der Waals surface area contributed by atoms with Crippen LogP contribution >= 0.6 is 0 Å². The molecule has 4 heteroatoms. The summed E-state index contributed by atoms with van der Waals surface area (Å²) in [4.78, 5) is 7.45. The summed E-state index contributed by atoms with van der Waals surface area (Å²) in [6, 6.07) is 18.1. The van der Waals surface area contributed by atoms with E-state index in [2.05, 4.69) is 29.3 Å². The number of para-hydroxylation sites is 2. The van der Waals surface area contributed by atoms with Crippen LogP contribution in [0.25, 0.3) is 0 Å². The maximum absolute atomic E-state index is 9.24. The van der Waals surface area contributed by atoms with Crippen molar-refractivity contribution in [3.63, 3.8) is 0 Å². The lowest BCUT2D eigenvalue weighted by molar-refractivity contribution is 0.231. The summed E-state index contributed by atoms with van der Waals surface area (Å²) >= 11 is 0. The minimum absolute atomic E-state index is 0.362. The molecule has 2 aromatic rings. The first-order valence-corrected chi connectivity index (χ1v) is 8.43. The maximum Gasteiger partial charge on any atom is 0.132 e. The Kier molecular flexibility index (Phi) is 3.59. The molecular weight excluding hydrogens is 296 g/mol. The predicted molar refractivity (Wildman–Crippen MR) is 96.6 cm³/mol. The number of hydrogen-bond donors (Lipinski definition) is 1. The molecule has 1 unspecified atom stereocenters. The van der Waals surface area contributed by atoms with Gasteiger partial charge in [0.05, 0.1) is 28.7 Å². The second kappa shape index (κ2) is 5.77. The largest absolute Gasteiger partial charge is 0.361 e. The second-order valence-electron chi connectivity index (χ2n) is 6.56. The van der Waals surface area contributed by atoms with Crippen LogP contribution in [0.1, 0.15) is 30.9 Å². The van der Waals surface area contributed by atoms with Crippen LogP contribution in [0.2, 0.25) is 0 Å². The van der Waals surface area contributed by atoms with Crippen molar-refractivity contribution in [2.45, 2.75) is 25.4 Å². The van der Waals surface area contributed by atoms with Crippen molar-refractivity contribution >= 4 is 17.1 Å². The SMILES string of the molecule is CC1(N2CCCC2)Nc2ccccc2N=C1c1cccc(C#N)c1. The Bertz CT molecular complexity index is 843. The van der Waals surface area contributed by atoms with Crippen molar-refractivity contribution in [2.24, 2.45) is 4.99 Å². The summed E-state index contributed by atoms with van der Waals surface area (Å²) in [7, 11) is 0. The van der Waals surface area contributed by atoms with Gasteiger partial charge in [-0.25, -0.2) is 4.99 Å². The average molecular weight is 316 g/mol. The number of nitriles is 1. The fourth-order valence-corrected chi connectivity index (χ4v) is 3.70. The summed E-state index contributed by atoms with van der Waals surface area (Å²) in [6.45, 7) is 4.32. The van der Waals surface area contributed by atoms with Crippen LogP contribution in [0, 0.1) is 11.3 Å². The second-order valence-corrected chi connectivity index (χ2v) is 6.56. The molecule has 1 N–H and O–H groups in total. The number of aliphatic imine (C=N–C) groups is 1. The smallest absolute Gasteiger partial charge is 0.132 e. The molecule has 2 heterocycles. The van der Waals surface area contributed by atoms with Gasteiger partial charge in [0.2, 0.25) is 0 Å². The summed E-state index contributed by atoms with van der Waals surface area (Å²) < 4.78 is 0. The molecule has 0 spiro atoms. The number of likely N-dealkylation sites (tertiary alicyclic amines) is 1. The van der Waals surface area contributed by atoms with Gasteiger partial charge in [-0.2, -0.15) is 5.26 Å².